The summed E-state index contributed by atoms with van der Waals surface area (Å²) in [4.78, 5) is 11.5. The first-order valence-corrected chi connectivity index (χ1v) is 5.18. The molecule has 0 bridgehead atoms. The molecule has 4 heteroatoms. The first-order valence-electron chi connectivity index (χ1n) is 5.18. The minimum atomic E-state index is -0.462. The van der Waals surface area contributed by atoms with E-state index in [9.17, 15) is 4.79 Å². The van der Waals surface area contributed by atoms with Gasteiger partial charge in [-0.05, 0) is 18.8 Å². The zero-order chi connectivity index (χ0) is 11.1. The van der Waals surface area contributed by atoms with E-state index in [0.717, 1.165) is 6.42 Å². The van der Waals surface area contributed by atoms with Crippen LogP contribution in [0.25, 0.3) is 0 Å². The molecule has 0 heterocycles. The van der Waals surface area contributed by atoms with E-state index in [1.165, 1.54) is 0 Å². The quantitative estimate of drug-likeness (QED) is 0.578. The van der Waals surface area contributed by atoms with Gasteiger partial charge in [-0.3, -0.25) is 4.79 Å². The number of aliphatic hydroxyl groups is 1. The molecule has 0 saturated heterocycles. The van der Waals surface area contributed by atoms with E-state index in [2.05, 4.69) is 5.32 Å². The molecular weight excluding hydrogens is 180 g/mol. The molecule has 0 saturated carbocycles. The molecule has 0 spiro atoms. The predicted octanol–water partition coefficient (Wildman–Crippen LogP) is 0.247. The second-order valence-corrected chi connectivity index (χ2v) is 4.03. The molecule has 0 unspecified atom stereocenters. The Hall–Kier alpha value is -0.610. The highest BCUT2D eigenvalue weighted by Gasteiger charge is 2.17. The first-order chi connectivity index (χ1) is 6.51. The standard InChI is InChI=1S/C10H22N2O2/c1-4-8(6-13)12-10(14)9(11)5-7(2)3/h7-9,13H,4-6,11H2,1-3H3,(H,12,14)/t8-,9-/m0/s1. The fourth-order valence-electron chi connectivity index (χ4n) is 1.20. The summed E-state index contributed by atoms with van der Waals surface area (Å²) < 4.78 is 0. The summed E-state index contributed by atoms with van der Waals surface area (Å²) in [6, 6.07) is -0.628. The lowest BCUT2D eigenvalue weighted by Crippen LogP contribution is -2.46. The Morgan fingerprint density at radius 1 is 1.50 bits per heavy atom. The van der Waals surface area contributed by atoms with Crippen molar-refractivity contribution in [3.63, 3.8) is 0 Å². The summed E-state index contributed by atoms with van der Waals surface area (Å²) in [5, 5.41) is 11.6. The number of amides is 1. The molecule has 0 aromatic rings. The average Bonchev–Trinajstić information content (AvgIpc) is 2.12. The molecule has 0 aliphatic heterocycles. The second-order valence-electron chi connectivity index (χ2n) is 4.03. The molecule has 0 aliphatic carbocycles. The van der Waals surface area contributed by atoms with Gasteiger partial charge in [0.25, 0.3) is 0 Å². The summed E-state index contributed by atoms with van der Waals surface area (Å²) >= 11 is 0. The van der Waals surface area contributed by atoms with Crippen LogP contribution >= 0.6 is 0 Å². The lowest BCUT2D eigenvalue weighted by atomic mass is 10.0. The maximum Gasteiger partial charge on any atom is 0.237 e. The third kappa shape index (κ3) is 5.19. The molecule has 0 aromatic carbocycles. The number of hydrogen-bond acceptors (Lipinski definition) is 3. The summed E-state index contributed by atoms with van der Waals surface area (Å²) in [6.45, 7) is 5.93. The van der Waals surface area contributed by atoms with Gasteiger partial charge in [0.15, 0.2) is 0 Å². The van der Waals surface area contributed by atoms with Crippen LogP contribution in [0, 0.1) is 5.92 Å². The number of hydrogen-bond donors (Lipinski definition) is 3. The van der Waals surface area contributed by atoms with Crippen LogP contribution in [0.15, 0.2) is 0 Å². The Morgan fingerprint density at radius 2 is 2.07 bits per heavy atom. The van der Waals surface area contributed by atoms with E-state index >= 15 is 0 Å². The van der Waals surface area contributed by atoms with Crippen molar-refractivity contribution in [1.29, 1.82) is 0 Å². The van der Waals surface area contributed by atoms with Crippen LogP contribution in [0.5, 0.6) is 0 Å². The topological polar surface area (TPSA) is 75.3 Å². The van der Waals surface area contributed by atoms with Crippen LogP contribution in [0.2, 0.25) is 0 Å². The Balaban J connectivity index is 3.93. The fourth-order valence-corrected chi connectivity index (χ4v) is 1.20. The average molecular weight is 202 g/mol. The van der Waals surface area contributed by atoms with Crippen molar-refractivity contribution < 1.29 is 9.90 Å². The molecule has 0 rings (SSSR count). The zero-order valence-electron chi connectivity index (χ0n) is 9.29. The molecule has 84 valence electrons. The van der Waals surface area contributed by atoms with E-state index in [4.69, 9.17) is 10.8 Å². The third-order valence-electron chi connectivity index (χ3n) is 2.12. The number of rotatable bonds is 6. The van der Waals surface area contributed by atoms with Crippen molar-refractivity contribution in [1.82, 2.24) is 5.32 Å². The van der Waals surface area contributed by atoms with Gasteiger partial charge in [-0.15, -0.1) is 0 Å². The van der Waals surface area contributed by atoms with Gasteiger partial charge in [0.05, 0.1) is 18.7 Å². The van der Waals surface area contributed by atoms with Crippen molar-refractivity contribution in [2.24, 2.45) is 11.7 Å². The molecule has 4 N–H and O–H groups in total. The van der Waals surface area contributed by atoms with Crippen LogP contribution in [0.3, 0.4) is 0 Å². The molecule has 0 aliphatic rings. The highest BCUT2D eigenvalue weighted by atomic mass is 16.3. The minimum Gasteiger partial charge on any atom is -0.394 e. The number of nitrogens with one attached hydrogen (secondary N) is 1. The second kappa shape index (κ2) is 6.79. The molecule has 4 nitrogen and oxygen atoms in total. The van der Waals surface area contributed by atoms with E-state index in [-0.39, 0.29) is 18.6 Å². The highest BCUT2D eigenvalue weighted by Crippen LogP contribution is 2.03. The van der Waals surface area contributed by atoms with Gasteiger partial charge in [-0.2, -0.15) is 0 Å². The van der Waals surface area contributed by atoms with Crippen LogP contribution in [-0.4, -0.2) is 29.7 Å². The van der Waals surface area contributed by atoms with Crippen molar-refractivity contribution >= 4 is 5.91 Å². The van der Waals surface area contributed by atoms with E-state index in [1.807, 2.05) is 20.8 Å². The van der Waals surface area contributed by atoms with Gasteiger partial charge in [-0.25, -0.2) is 0 Å². The van der Waals surface area contributed by atoms with E-state index in [0.29, 0.717) is 12.3 Å². The van der Waals surface area contributed by atoms with Crippen molar-refractivity contribution in [2.75, 3.05) is 6.61 Å². The van der Waals surface area contributed by atoms with Crippen LogP contribution in [0.1, 0.15) is 33.6 Å². The summed E-state index contributed by atoms with van der Waals surface area (Å²) in [7, 11) is 0. The third-order valence-corrected chi connectivity index (χ3v) is 2.12. The van der Waals surface area contributed by atoms with Gasteiger partial charge in [0.1, 0.15) is 0 Å². The van der Waals surface area contributed by atoms with Crippen LogP contribution in [-0.2, 0) is 4.79 Å². The van der Waals surface area contributed by atoms with Gasteiger partial charge in [0, 0.05) is 0 Å². The normalized spacial score (nSPS) is 15.3. The molecular formula is C10H22N2O2. The van der Waals surface area contributed by atoms with Crippen molar-refractivity contribution in [3.8, 4) is 0 Å². The SMILES string of the molecule is CC[C@@H](CO)NC(=O)[C@@H](N)CC(C)C. The van der Waals surface area contributed by atoms with Gasteiger partial charge in [-0.1, -0.05) is 20.8 Å². The number of aliphatic hydroxyl groups excluding tert-OH is 1. The molecule has 0 aromatic heterocycles. The highest BCUT2D eigenvalue weighted by molar-refractivity contribution is 5.81. The number of carbonyl (C=O) groups is 1. The van der Waals surface area contributed by atoms with Gasteiger partial charge < -0.3 is 16.2 Å². The fraction of sp³-hybridized carbons (Fsp3) is 0.900. The largest absolute Gasteiger partial charge is 0.394 e. The summed E-state index contributed by atoms with van der Waals surface area (Å²) in [5.74, 6) is 0.240. The van der Waals surface area contributed by atoms with Crippen molar-refractivity contribution in [2.45, 2.75) is 45.7 Å². The predicted molar refractivity (Wildman–Crippen MR) is 56.7 cm³/mol. The molecule has 0 fully saturated rings. The van der Waals surface area contributed by atoms with Crippen molar-refractivity contribution in [3.05, 3.63) is 0 Å². The molecule has 0 radical (unpaired) electrons. The van der Waals surface area contributed by atoms with E-state index < -0.39 is 6.04 Å². The number of nitrogens with two attached hydrogens (primary N) is 1. The maximum atomic E-state index is 11.5. The Kier molecular flexibility index (Phi) is 6.49. The van der Waals surface area contributed by atoms with E-state index in [1.54, 1.807) is 0 Å². The minimum absolute atomic E-state index is 0.0311. The van der Waals surface area contributed by atoms with Crippen LogP contribution in [0.4, 0.5) is 0 Å². The first kappa shape index (κ1) is 13.4. The monoisotopic (exact) mass is 202 g/mol. The summed E-state index contributed by atoms with van der Waals surface area (Å²) in [5.41, 5.74) is 5.68. The molecule has 14 heavy (non-hydrogen) atoms. The van der Waals surface area contributed by atoms with Gasteiger partial charge >= 0.3 is 0 Å². The molecule has 2 atom stereocenters. The van der Waals surface area contributed by atoms with Crippen LogP contribution < -0.4 is 11.1 Å². The zero-order valence-corrected chi connectivity index (χ0v) is 9.29. The Morgan fingerprint density at radius 3 is 2.43 bits per heavy atom. The number of carbonyl (C=O) groups excluding carboxylic acids is 1. The molecule has 1 amide bonds. The Labute approximate surface area is 85.9 Å². The van der Waals surface area contributed by atoms with Gasteiger partial charge in [0.2, 0.25) is 5.91 Å². The smallest absolute Gasteiger partial charge is 0.237 e. The maximum absolute atomic E-state index is 11.5. The lowest BCUT2D eigenvalue weighted by Gasteiger charge is -2.18. The summed E-state index contributed by atoms with van der Waals surface area (Å²) in [6.07, 6.45) is 1.39. The Bertz CT molecular complexity index is 168. The lowest BCUT2D eigenvalue weighted by molar-refractivity contribution is -0.123.